The van der Waals surface area contributed by atoms with Crippen LogP contribution in [0.5, 0.6) is 5.75 Å². The van der Waals surface area contributed by atoms with Gasteiger partial charge in [-0.3, -0.25) is 9.80 Å². The molecule has 1 saturated heterocycles. The molecule has 2 aromatic rings. The largest absolute Gasteiger partial charge is 0.489 e. The van der Waals surface area contributed by atoms with Crippen LogP contribution in [-0.4, -0.2) is 77.5 Å². The summed E-state index contributed by atoms with van der Waals surface area (Å²) in [5.41, 5.74) is 4.34. The van der Waals surface area contributed by atoms with E-state index in [4.69, 9.17) is 9.57 Å². The van der Waals surface area contributed by atoms with E-state index in [1.54, 1.807) is 6.20 Å². The Morgan fingerprint density at radius 1 is 1.13 bits per heavy atom. The standard InChI is InChI=1S/C23H27N5O2/c1-17(11-18-5-3-2-4-6-18)13-27-7-9-28(10-8-27)14-21-19-15-29-20-12-24-16-25-23(20)22(19)26-30-21/h2-6,11-12,16,19,21H,7-10,13-15H2,1H3/b17-11+. The van der Waals surface area contributed by atoms with Crippen molar-refractivity contribution in [3.8, 4) is 5.75 Å². The molecule has 0 N–H and O–H groups in total. The second-order valence-electron chi connectivity index (χ2n) is 8.25. The third kappa shape index (κ3) is 4.08. The van der Waals surface area contributed by atoms with Crippen molar-refractivity contribution < 1.29 is 9.57 Å². The van der Waals surface area contributed by atoms with Gasteiger partial charge < -0.3 is 9.57 Å². The van der Waals surface area contributed by atoms with Crippen LogP contribution >= 0.6 is 0 Å². The van der Waals surface area contributed by atoms with E-state index in [-0.39, 0.29) is 12.0 Å². The number of fused-ring (bicyclic) bond motifs is 3. The number of piperazine rings is 1. The van der Waals surface area contributed by atoms with Crippen molar-refractivity contribution in [2.24, 2.45) is 11.1 Å². The van der Waals surface area contributed by atoms with Gasteiger partial charge in [-0.1, -0.05) is 47.1 Å². The highest BCUT2D eigenvalue weighted by Crippen LogP contribution is 2.32. The van der Waals surface area contributed by atoms with Crippen molar-refractivity contribution in [2.45, 2.75) is 13.0 Å². The van der Waals surface area contributed by atoms with Crippen molar-refractivity contribution in [1.82, 2.24) is 19.8 Å². The molecule has 3 aliphatic rings. The Bertz CT molecular complexity index is 938. The molecule has 1 aromatic heterocycles. The van der Waals surface area contributed by atoms with Gasteiger partial charge in [0.05, 0.1) is 12.1 Å². The van der Waals surface area contributed by atoms with Gasteiger partial charge in [0.1, 0.15) is 24.3 Å². The molecule has 0 radical (unpaired) electrons. The van der Waals surface area contributed by atoms with Gasteiger partial charge in [0.15, 0.2) is 11.9 Å². The van der Waals surface area contributed by atoms with Crippen LogP contribution in [0.15, 0.2) is 53.6 Å². The molecule has 5 rings (SSSR count). The minimum atomic E-state index is 0.0226. The molecule has 0 saturated carbocycles. The summed E-state index contributed by atoms with van der Waals surface area (Å²) in [7, 11) is 0. The first-order chi connectivity index (χ1) is 14.8. The number of ether oxygens (including phenoxy) is 1. The molecule has 0 spiro atoms. The summed E-state index contributed by atoms with van der Waals surface area (Å²) in [6, 6.07) is 10.5. The summed E-state index contributed by atoms with van der Waals surface area (Å²) < 4.78 is 5.85. The summed E-state index contributed by atoms with van der Waals surface area (Å²) in [5, 5.41) is 4.34. The molecule has 156 valence electrons. The Morgan fingerprint density at radius 2 is 1.93 bits per heavy atom. The molecule has 2 unspecified atom stereocenters. The Labute approximate surface area is 177 Å². The minimum absolute atomic E-state index is 0.0226. The smallest absolute Gasteiger partial charge is 0.165 e. The first-order valence-electron chi connectivity index (χ1n) is 10.6. The third-order valence-electron chi connectivity index (χ3n) is 6.01. The zero-order valence-electron chi connectivity index (χ0n) is 17.3. The zero-order valence-corrected chi connectivity index (χ0v) is 17.3. The molecule has 7 heteroatoms. The minimum Gasteiger partial charge on any atom is -0.489 e. The van der Waals surface area contributed by atoms with E-state index < -0.39 is 0 Å². The number of aromatic nitrogens is 2. The topological polar surface area (TPSA) is 63.1 Å². The molecule has 0 aliphatic carbocycles. The SMILES string of the molecule is C/C(=C\c1ccccc1)CN1CCN(CC2ON=C3c4ncncc4OCC32)CC1. The van der Waals surface area contributed by atoms with Crippen molar-refractivity contribution in [2.75, 3.05) is 45.9 Å². The normalized spacial score (nSPS) is 24.4. The Morgan fingerprint density at radius 3 is 2.77 bits per heavy atom. The highest BCUT2D eigenvalue weighted by Gasteiger charge is 2.41. The van der Waals surface area contributed by atoms with Crippen LogP contribution in [0.3, 0.4) is 0 Å². The maximum atomic E-state index is 5.85. The monoisotopic (exact) mass is 405 g/mol. The van der Waals surface area contributed by atoms with Gasteiger partial charge in [-0.25, -0.2) is 9.97 Å². The third-order valence-corrected chi connectivity index (χ3v) is 6.01. The predicted octanol–water partition coefficient (Wildman–Crippen LogP) is 2.31. The van der Waals surface area contributed by atoms with E-state index in [1.807, 2.05) is 0 Å². The van der Waals surface area contributed by atoms with Gasteiger partial charge in [0, 0.05) is 39.3 Å². The van der Waals surface area contributed by atoms with E-state index in [1.165, 1.54) is 17.5 Å². The van der Waals surface area contributed by atoms with Gasteiger partial charge in [0.25, 0.3) is 0 Å². The predicted molar refractivity (Wildman–Crippen MR) is 115 cm³/mol. The van der Waals surface area contributed by atoms with Gasteiger partial charge in [0.2, 0.25) is 0 Å². The summed E-state index contributed by atoms with van der Waals surface area (Å²) in [4.78, 5) is 19.2. The average Bonchev–Trinajstić information content (AvgIpc) is 3.19. The number of hydrogen-bond donors (Lipinski definition) is 0. The van der Waals surface area contributed by atoms with E-state index >= 15 is 0 Å². The summed E-state index contributed by atoms with van der Waals surface area (Å²) in [6.45, 7) is 8.90. The first kappa shape index (κ1) is 19.2. The Balaban J connectivity index is 1.12. The van der Waals surface area contributed by atoms with Crippen molar-refractivity contribution >= 4 is 11.8 Å². The summed E-state index contributed by atoms with van der Waals surface area (Å²) in [5.74, 6) is 0.839. The van der Waals surface area contributed by atoms with Crippen molar-refractivity contribution in [3.05, 3.63) is 59.7 Å². The van der Waals surface area contributed by atoms with E-state index in [0.717, 1.165) is 50.7 Å². The molecule has 2 atom stereocenters. The molecule has 0 bridgehead atoms. The quantitative estimate of drug-likeness (QED) is 0.761. The molecule has 4 heterocycles. The average molecular weight is 406 g/mol. The maximum Gasteiger partial charge on any atom is 0.165 e. The molecule has 1 fully saturated rings. The molecule has 3 aliphatic heterocycles. The molecule has 7 nitrogen and oxygen atoms in total. The van der Waals surface area contributed by atoms with Crippen LogP contribution in [0.25, 0.3) is 6.08 Å². The Kier molecular flexibility index (Phi) is 5.46. The highest BCUT2D eigenvalue weighted by molar-refractivity contribution is 6.04. The second kappa shape index (κ2) is 8.53. The van der Waals surface area contributed by atoms with Crippen LogP contribution < -0.4 is 4.74 Å². The molecular weight excluding hydrogens is 378 g/mol. The lowest BCUT2D eigenvalue weighted by molar-refractivity contribution is 0.0100. The fourth-order valence-electron chi connectivity index (χ4n) is 4.42. The maximum absolute atomic E-state index is 5.85. The van der Waals surface area contributed by atoms with Crippen LogP contribution in [0.1, 0.15) is 18.2 Å². The molecule has 1 aromatic carbocycles. The number of oxime groups is 1. The van der Waals surface area contributed by atoms with E-state index in [0.29, 0.717) is 12.4 Å². The summed E-state index contributed by atoms with van der Waals surface area (Å²) >= 11 is 0. The lowest BCUT2D eigenvalue weighted by Crippen LogP contribution is -2.50. The number of rotatable bonds is 5. The molecular formula is C23H27N5O2. The Hall–Kier alpha value is -2.77. The van der Waals surface area contributed by atoms with Crippen LogP contribution in [0.2, 0.25) is 0 Å². The molecule has 30 heavy (non-hydrogen) atoms. The summed E-state index contributed by atoms with van der Waals surface area (Å²) in [6.07, 6.45) is 5.53. The number of benzene rings is 1. The van der Waals surface area contributed by atoms with Gasteiger partial charge in [-0.15, -0.1) is 0 Å². The number of nitrogens with zero attached hydrogens (tertiary/aromatic N) is 5. The number of hydrogen-bond acceptors (Lipinski definition) is 7. The fraction of sp³-hybridized carbons (Fsp3) is 0.435. The molecule has 0 amide bonds. The van der Waals surface area contributed by atoms with Crippen LogP contribution in [0, 0.1) is 5.92 Å². The van der Waals surface area contributed by atoms with Crippen molar-refractivity contribution in [1.29, 1.82) is 0 Å². The van der Waals surface area contributed by atoms with Crippen LogP contribution in [-0.2, 0) is 4.84 Å². The van der Waals surface area contributed by atoms with Crippen LogP contribution in [0.4, 0.5) is 0 Å². The fourth-order valence-corrected chi connectivity index (χ4v) is 4.42. The van der Waals surface area contributed by atoms with Gasteiger partial charge >= 0.3 is 0 Å². The lowest BCUT2D eigenvalue weighted by atomic mass is 9.93. The first-order valence-corrected chi connectivity index (χ1v) is 10.6. The van der Waals surface area contributed by atoms with E-state index in [9.17, 15) is 0 Å². The van der Waals surface area contributed by atoms with Crippen molar-refractivity contribution in [3.63, 3.8) is 0 Å². The van der Waals surface area contributed by atoms with Gasteiger partial charge in [-0.2, -0.15) is 0 Å². The lowest BCUT2D eigenvalue weighted by Gasteiger charge is -2.36. The second-order valence-corrected chi connectivity index (χ2v) is 8.25. The highest BCUT2D eigenvalue weighted by atomic mass is 16.6. The zero-order chi connectivity index (χ0) is 20.3. The van der Waals surface area contributed by atoms with Gasteiger partial charge in [-0.05, 0) is 12.5 Å². The van der Waals surface area contributed by atoms with E-state index in [2.05, 4.69) is 68.3 Å².